The third-order valence-electron chi connectivity index (χ3n) is 2.47. The van der Waals surface area contributed by atoms with Gasteiger partial charge in [-0.2, -0.15) is 13.5 Å². The smallest absolute Gasteiger partial charge is 0.387 e. The Hall–Kier alpha value is -2.41. The third-order valence-corrected chi connectivity index (χ3v) is 2.77. The lowest BCUT2D eigenvalue weighted by Gasteiger charge is -2.09. The van der Waals surface area contributed by atoms with Gasteiger partial charge in [0.15, 0.2) is 12.4 Å². The zero-order chi connectivity index (χ0) is 15.4. The van der Waals surface area contributed by atoms with Gasteiger partial charge in [-0.3, -0.25) is 4.79 Å². The van der Waals surface area contributed by atoms with Gasteiger partial charge < -0.3 is 15.3 Å². The maximum atomic E-state index is 12.1. The molecule has 0 radical (unpaired) electrons. The molecule has 0 bridgehead atoms. The van der Waals surface area contributed by atoms with E-state index in [0.717, 1.165) is 0 Å². The number of hydrogen-bond donors (Lipinski definition) is 1. The van der Waals surface area contributed by atoms with Gasteiger partial charge >= 0.3 is 6.61 Å². The van der Waals surface area contributed by atoms with Crippen LogP contribution in [-0.4, -0.2) is 12.5 Å². The number of anilines is 1. The van der Waals surface area contributed by atoms with Gasteiger partial charge in [-0.25, -0.2) is 0 Å². The van der Waals surface area contributed by atoms with Crippen molar-refractivity contribution in [2.75, 3.05) is 5.32 Å². The van der Waals surface area contributed by atoms with Crippen molar-refractivity contribution < 1.29 is 23.0 Å². The van der Waals surface area contributed by atoms with E-state index >= 15 is 0 Å². The quantitative estimate of drug-likeness (QED) is 0.697. The first-order chi connectivity index (χ1) is 9.95. The molecule has 1 aromatic heterocycles. The number of nitrogens with zero attached hydrogens (tertiary/aromatic N) is 1. The minimum absolute atomic E-state index is 0.0569. The van der Waals surface area contributed by atoms with Crippen molar-refractivity contribution in [2.45, 2.75) is 6.61 Å². The summed E-state index contributed by atoms with van der Waals surface area (Å²) in [4.78, 5) is 11.9. The molecule has 0 fully saturated rings. The van der Waals surface area contributed by atoms with E-state index in [1.54, 1.807) is 0 Å². The maximum absolute atomic E-state index is 12.1. The SMILES string of the molecule is O=C(Nc1ccc(OC(F)F)c(Cl)c1)c1cc[n+]([O-])cc1. The summed E-state index contributed by atoms with van der Waals surface area (Å²) in [7, 11) is 0. The Balaban J connectivity index is 2.11. The molecule has 0 aliphatic heterocycles. The summed E-state index contributed by atoms with van der Waals surface area (Å²) in [5.74, 6) is -0.647. The van der Waals surface area contributed by atoms with Crippen LogP contribution in [0.15, 0.2) is 42.7 Å². The second kappa shape index (κ2) is 6.36. The number of nitrogens with one attached hydrogen (secondary N) is 1. The maximum Gasteiger partial charge on any atom is 0.387 e. The molecule has 0 saturated carbocycles. The van der Waals surface area contributed by atoms with Crippen molar-refractivity contribution in [3.63, 3.8) is 0 Å². The second-order valence-corrected chi connectivity index (χ2v) is 4.33. The van der Waals surface area contributed by atoms with E-state index in [1.807, 2.05) is 0 Å². The summed E-state index contributed by atoms with van der Waals surface area (Å²) in [5.41, 5.74) is 0.580. The highest BCUT2D eigenvalue weighted by Gasteiger charge is 2.11. The van der Waals surface area contributed by atoms with Crippen LogP contribution in [0.2, 0.25) is 5.02 Å². The predicted molar refractivity (Wildman–Crippen MR) is 71.4 cm³/mol. The molecule has 0 atom stereocenters. The lowest BCUT2D eigenvalue weighted by molar-refractivity contribution is -0.605. The average molecular weight is 315 g/mol. The minimum atomic E-state index is -2.98. The van der Waals surface area contributed by atoms with Crippen LogP contribution in [0.25, 0.3) is 0 Å². The van der Waals surface area contributed by atoms with E-state index in [0.29, 0.717) is 10.4 Å². The molecule has 2 rings (SSSR count). The number of hydrogen-bond acceptors (Lipinski definition) is 3. The Bertz CT molecular complexity index is 650. The normalized spacial score (nSPS) is 10.5. The van der Waals surface area contributed by atoms with E-state index in [9.17, 15) is 18.8 Å². The van der Waals surface area contributed by atoms with Gasteiger partial charge in [-0.1, -0.05) is 11.6 Å². The van der Waals surface area contributed by atoms with Crippen LogP contribution in [0.1, 0.15) is 10.4 Å². The summed E-state index contributed by atoms with van der Waals surface area (Å²) in [6.45, 7) is -2.98. The fourth-order valence-electron chi connectivity index (χ4n) is 1.54. The Morgan fingerprint density at radius 3 is 2.52 bits per heavy atom. The van der Waals surface area contributed by atoms with Crippen molar-refractivity contribution in [2.24, 2.45) is 0 Å². The highest BCUT2D eigenvalue weighted by molar-refractivity contribution is 6.32. The Morgan fingerprint density at radius 2 is 1.95 bits per heavy atom. The summed E-state index contributed by atoms with van der Waals surface area (Å²) in [6, 6.07) is 6.57. The number of amides is 1. The van der Waals surface area contributed by atoms with Gasteiger partial charge in [0.2, 0.25) is 0 Å². The lowest BCUT2D eigenvalue weighted by Crippen LogP contribution is -2.25. The third kappa shape index (κ3) is 4.03. The first-order valence-electron chi connectivity index (χ1n) is 5.70. The van der Waals surface area contributed by atoms with E-state index < -0.39 is 12.5 Å². The number of ether oxygens (including phenoxy) is 1. The summed E-state index contributed by atoms with van der Waals surface area (Å²) >= 11 is 5.77. The van der Waals surface area contributed by atoms with Gasteiger partial charge in [0.05, 0.1) is 10.6 Å². The minimum Gasteiger partial charge on any atom is -0.619 e. The van der Waals surface area contributed by atoms with Crippen LogP contribution < -0.4 is 14.8 Å². The number of benzene rings is 1. The van der Waals surface area contributed by atoms with Gasteiger partial charge in [-0.15, -0.1) is 0 Å². The molecule has 2 aromatic rings. The molecule has 0 aliphatic carbocycles. The highest BCUT2D eigenvalue weighted by Crippen LogP contribution is 2.29. The fourth-order valence-corrected chi connectivity index (χ4v) is 1.76. The van der Waals surface area contributed by atoms with Crippen LogP contribution in [0.5, 0.6) is 5.75 Å². The number of pyridine rings is 1. The molecule has 1 amide bonds. The van der Waals surface area contributed by atoms with E-state index in [2.05, 4.69) is 10.1 Å². The number of carbonyl (C=O) groups excluding carboxylic acids is 1. The molecule has 1 heterocycles. The van der Waals surface area contributed by atoms with E-state index in [-0.39, 0.29) is 16.3 Å². The van der Waals surface area contributed by atoms with Crippen molar-refractivity contribution in [1.29, 1.82) is 0 Å². The highest BCUT2D eigenvalue weighted by atomic mass is 35.5. The van der Waals surface area contributed by atoms with Crippen LogP contribution in [-0.2, 0) is 0 Å². The number of carbonyl (C=O) groups is 1. The van der Waals surface area contributed by atoms with Gasteiger partial charge in [-0.05, 0) is 18.2 Å². The molecular formula is C13H9ClF2N2O3. The molecule has 110 valence electrons. The Kier molecular flexibility index (Phi) is 4.54. The van der Waals surface area contributed by atoms with Crippen LogP contribution >= 0.6 is 11.6 Å². The lowest BCUT2D eigenvalue weighted by atomic mass is 10.2. The summed E-state index contributed by atoms with van der Waals surface area (Å²) in [6.07, 6.45) is 2.36. The zero-order valence-electron chi connectivity index (χ0n) is 10.4. The second-order valence-electron chi connectivity index (χ2n) is 3.92. The number of rotatable bonds is 4. The molecule has 0 unspecified atom stereocenters. The van der Waals surface area contributed by atoms with Crippen LogP contribution in [0.4, 0.5) is 14.5 Å². The molecule has 0 spiro atoms. The largest absolute Gasteiger partial charge is 0.619 e. The molecular weight excluding hydrogens is 306 g/mol. The van der Waals surface area contributed by atoms with Crippen molar-refractivity contribution in [3.05, 3.63) is 58.5 Å². The van der Waals surface area contributed by atoms with E-state index in [1.165, 1.54) is 42.7 Å². The predicted octanol–water partition coefficient (Wildman–Crippen LogP) is 2.83. The Labute approximate surface area is 123 Å². The van der Waals surface area contributed by atoms with Crippen molar-refractivity contribution >= 4 is 23.2 Å². The molecule has 21 heavy (non-hydrogen) atoms. The molecule has 0 saturated heterocycles. The van der Waals surface area contributed by atoms with Crippen LogP contribution in [0.3, 0.4) is 0 Å². The summed E-state index contributed by atoms with van der Waals surface area (Å²) in [5, 5.41) is 13.3. The van der Waals surface area contributed by atoms with Gasteiger partial charge in [0, 0.05) is 17.8 Å². The van der Waals surface area contributed by atoms with Gasteiger partial charge in [0.25, 0.3) is 5.91 Å². The number of aromatic nitrogens is 1. The van der Waals surface area contributed by atoms with E-state index in [4.69, 9.17) is 11.6 Å². The topological polar surface area (TPSA) is 65.3 Å². The first-order valence-corrected chi connectivity index (χ1v) is 6.08. The van der Waals surface area contributed by atoms with Crippen molar-refractivity contribution in [3.8, 4) is 5.75 Å². The average Bonchev–Trinajstić information content (AvgIpc) is 2.42. The van der Waals surface area contributed by atoms with Gasteiger partial charge in [0.1, 0.15) is 5.75 Å². The summed E-state index contributed by atoms with van der Waals surface area (Å²) < 4.78 is 28.9. The molecule has 0 aliphatic rings. The number of alkyl halides is 2. The number of halogens is 3. The molecule has 5 nitrogen and oxygen atoms in total. The molecule has 1 aromatic carbocycles. The standard InChI is InChI=1S/C13H9ClF2N2O3/c14-10-7-9(1-2-11(10)21-13(15)16)17-12(19)8-3-5-18(20)6-4-8/h1-7,13H,(H,17,19). The first kappa shape index (κ1) is 15.0. The van der Waals surface area contributed by atoms with Crippen LogP contribution in [0, 0.1) is 5.21 Å². The molecule has 1 N–H and O–H groups in total. The van der Waals surface area contributed by atoms with Crippen molar-refractivity contribution in [1.82, 2.24) is 0 Å². The zero-order valence-corrected chi connectivity index (χ0v) is 11.2. The molecule has 8 heteroatoms. The fraction of sp³-hybridized carbons (Fsp3) is 0.0769. The Morgan fingerprint density at radius 1 is 1.29 bits per heavy atom. The monoisotopic (exact) mass is 314 g/mol.